The highest BCUT2D eigenvalue weighted by molar-refractivity contribution is 5.95. The van der Waals surface area contributed by atoms with Crippen LogP contribution in [0, 0.1) is 0 Å². The molecule has 5 nitrogen and oxygen atoms in total. The molecule has 0 aliphatic heterocycles. The summed E-state index contributed by atoms with van der Waals surface area (Å²) in [6.07, 6.45) is 2.97. The Labute approximate surface area is 114 Å². The first kappa shape index (κ1) is 12.1. The Bertz CT molecular complexity index is 764. The van der Waals surface area contributed by atoms with Crippen molar-refractivity contribution in [3.63, 3.8) is 0 Å². The van der Waals surface area contributed by atoms with Gasteiger partial charge >= 0.3 is 0 Å². The SMILES string of the molecule is O=C(N/N=C/c1ccco1)c1ccc2ccccc2n1. The molecule has 0 saturated heterocycles. The maximum Gasteiger partial charge on any atom is 0.289 e. The van der Waals surface area contributed by atoms with E-state index in [2.05, 4.69) is 15.5 Å². The van der Waals surface area contributed by atoms with Crippen LogP contribution < -0.4 is 5.43 Å². The molecule has 3 rings (SSSR count). The van der Waals surface area contributed by atoms with Crippen molar-refractivity contribution in [2.75, 3.05) is 0 Å². The zero-order valence-electron chi connectivity index (χ0n) is 10.5. The van der Waals surface area contributed by atoms with E-state index in [0.717, 1.165) is 10.9 Å². The van der Waals surface area contributed by atoms with E-state index in [0.29, 0.717) is 11.5 Å². The number of hydrogen-bond acceptors (Lipinski definition) is 4. The van der Waals surface area contributed by atoms with E-state index in [4.69, 9.17) is 4.42 Å². The summed E-state index contributed by atoms with van der Waals surface area (Å²) in [5.74, 6) is 0.204. The highest BCUT2D eigenvalue weighted by Gasteiger charge is 2.06. The molecule has 0 aliphatic rings. The second-order valence-electron chi connectivity index (χ2n) is 4.10. The molecule has 1 aromatic carbocycles. The number of amides is 1. The van der Waals surface area contributed by atoms with Gasteiger partial charge < -0.3 is 4.42 Å². The molecule has 20 heavy (non-hydrogen) atoms. The molecule has 1 N–H and O–H groups in total. The second kappa shape index (κ2) is 5.36. The number of rotatable bonds is 3. The Hall–Kier alpha value is -2.95. The smallest absolute Gasteiger partial charge is 0.289 e. The summed E-state index contributed by atoms with van der Waals surface area (Å²) in [7, 11) is 0. The molecule has 2 heterocycles. The highest BCUT2D eigenvalue weighted by Crippen LogP contribution is 2.11. The third kappa shape index (κ3) is 2.56. The lowest BCUT2D eigenvalue weighted by molar-refractivity contribution is 0.0950. The molecule has 1 amide bonds. The molecule has 98 valence electrons. The fourth-order valence-electron chi connectivity index (χ4n) is 1.77. The van der Waals surface area contributed by atoms with Gasteiger partial charge in [0, 0.05) is 5.39 Å². The second-order valence-corrected chi connectivity index (χ2v) is 4.10. The van der Waals surface area contributed by atoms with Crippen molar-refractivity contribution < 1.29 is 9.21 Å². The summed E-state index contributed by atoms with van der Waals surface area (Å²) < 4.78 is 5.06. The number of nitrogens with one attached hydrogen (secondary N) is 1. The molecule has 0 saturated carbocycles. The summed E-state index contributed by atoms with van der Waals surface area (Å²) >= 11 is 0. The highest BCUT2D eigenvalue weighted by atomic mass is 16.3. The monoisotopic (exact) mass is 265 g/mol. The van der Waals surface area contributed by atoms with Gasteiger partial charge in [0.25, 0.3) is 5.91 Å². The van der Waals surface area contributed by atoms with Crippen molar-refractivity contribution in [2.45, 2.75) is 0 Å². The molecular weight excluding hydrogens is 254 g/mol. The van der Waals surface area contributed by atoms with Crippen LogP contribution in [0.5, 0.6) is 0 Å². The molecule has 0 bridgehead atoms. The first-order valence-corrected chi connectivity index (χ1v) is 6.06. The van der Waals surface area contributed by atoms with E-state index < -0.39 is 0 Å². The van der Waals surface area contributed by atoms with Gasteiger partial charge in [-0.25, -0.2) is 10.4 Å². The standard InChI is InChI=1S/C15H11N3O2/c19-15(18-16-10-12-5-3-9-20-12)14-8-7-11-4-1-2-6-13(11)17-14/h1-10H,(H,18,19)/b16-10+. The molecule has 0 aliphatic carbocycles. The van der Waals surface area contributed by atoms with Crippen molar-refractivity contribution in [1.82, 2.24) is 10.4 Å². The van der Waals surface area contributed by atoms with Gasteiger partial charge in [0.05, 0.1) is 18.0 Å². The quantitative estimate of drug-likeness (QED) is 0.584. The number of aromatic nitrogens is 1. The minimum absolute atomic E-state index is 0.320. The van der Waals surface area contributed by atoms with Crippen LogP contribution in [0.25, 0.3) is 10.9 Å². The minimum Gasteiger partial charge on any atom is -0.463 e. The van der Waals surface area contributed by atoms with Gasteiger partial charge in [-0.2, -0.15) is 5.10 Å². The molecule has 0 atom stereocenters. The van der Waals surface area contributed by atoms with Gasteiger partial charge in [-0.05, 0) is 24.3 Å². The summed E-state index contributed by atoms with van der Waals surface area (Å²) in [6.45, 7) is 0. The predicted octanol–water partition coefficient (Wildman–Crippen LogP) is 2.59. The first-order chi connectivity index (χ1) is 9.83. The number of hydrazone groups is 1. The fourth-order valence-corrected chi connectivity index (χ4v) is 1.77. The Balaban J connectivity index is 1.75. The zero-order valence-corrected chi connectivity index (χ0v) is 10.5. The molecule has 2 aromatic heterocycles. The van der Waals surface area contributed by atoms with Crippen LogP contribution in [0.4, 0.5) is 0 Å². The van der Waals surface area contributed by atoms with Gasteiger partial charge in [0.15, 0.2) is 0 Å². The van der Waals surface area contributed by atoms with E-state index in [1.165, 1.54) is 12.5 Å². The summed E-state index contributed by atoms with van der Waals surface area (Å²) in [6, 6.07) is 14.6. The maximum atomic E-state index is 11.9. The van der Waals surface area contributed by atoms with Crippen LogP contribution in [0.1, 0.15) is 16.2 Å². The number of hydrogen-bond donors (Lipinski definition) is 1. The van der Waals surface area contributed by atoms with Crippen molar-refractivity contribution >= 4 is 23.0 Å². The number of carbonyl (C=O) groups excluding carboxylic acids is 1. The van der Waals surface area contributed by atoms with E-state index >= 15 is 0 Å². The number of nitrogens with zero attached hydrogens (tertiary/aromatic N) is 2. The molecule has 0 fully saturated rings. The van der Waals surface area contributed by atoms with Crippen LogP contribution in [0.15, 0.2) is 64.3 Å². The van der Waals surface area contributed by atoms with Gasteiger partial charge in [0.2, 0.25) is 0 Å². The number of pyridine rings is 1. The van der Waals surface area contributed by atoms with Crippen molar-refractivity contribution in [1.29, 1.82) is 0 Å². The topological polar surface area (TPSA) is 67.5 Å². The Morgan fingerprint density at radius 2 is 2.05 bits per heavy atom. The summed E-state index contributed by atoms with van der Waals surface area (Å²) in [4.78, 5) is 16.2. The van der Waals surface area contributed by atoms with E-state index in [1.807, 2.05) is 30.3 Å². The van der Waals surface area contributed by atoms with Crippen LogP contribution in [-0.2, 0) is 0 Å². The third-order valence-electron chi connectivity index (χ3n) is 2.73. The summed E-state index contributed by atoms with van der Waals surface area (Å²) in [5, 5.41) is 4.80. The number of benzene rings is 1. The average molecular weight is 265 g/mol. The van der Waals surface area contributed by atoms with Gasteiger partial charge in [-0.15, -0.1) is 0 Å². The van der Waals surface area contributed by atoms with E-state index in [1.54, 1.807) is 18.2 Å². The van der Waals surface area contributed by atoms with Crippen LogP contribution >= 0.6 is 0 Å². The van der Waals surface area contributed by atoms with Gasteiger partial charge in [0.1, 0.15) is 11.5 Å². The fraction of sp³-hybridized carbons (Fsp3) is 0. The normalized spacial score (nSPS) is 11.0. The predicted molar refractivity (Wildman–Crippen MR) is 75.5 cm³/mol. The lowest BCUT2D eigenvalue weighted by Crippen LogP contribution is -2.18. The van der Waals surface area contributed by atoms with Crippen LogP contribution in [0.3, 0.4) is 0 Å². The van der Waals surface area contributed by atoms with Crippen LogP contribution in [-0.4, -0.2) is 17.1 Å². The zero-order chi connectivity index (χ0) is 13.8. The number of carbonyl (C=O) groups is 1. The van der Waals surface area contributed by atoms with Gasteiger partial charge in [-0.3, -0.25) is 4.79 Å². The molecule has 0 radical (unpaired) electrons. The third-order valence-corrected chi connectivity index (χ3v) is 2.73. The van der Waals surface area contributed by atoms with Crippen molar-refractivity contribution in [2.24, 2.45) is 5.10 Å². The molecule has 0 unspecified atom stereocenters. The lowest BCUT2D eigenvalue weighted by Gasteiger charge is -2.01. The van der Waals surface area contributed by atoms with Crippen molar-refractivity contribution in [3.05, 3.63) is 66.2 Å². The molecule has 3 aromatic rings. The largest absolute Gasteiger partial charge is 0.463 e. The molecule has 5 heteroatoms. The number of fused-ring (bicyclic) bond motifs is 1. The molecule has 0 spiro atoms. The van der Waals surface area contributed by atoms with E-state index in [9.17, 15) is 4.79 Å². The minimum atomic E-state index is -0.362. The number of para-hydroxylation sites is 1. The van der Waals surface area contributed by atoms with Gasteiger partial charge in [-0.1, -0.05) is 24.3 Å². The van der Waals surface area contributed by atoms with E-state index in [-0.39, 0.29) is 5.91 Å². The summed E-state index contributed by atoms with van der Waals surface area (Å²) in [5.41, 5.74) is 3.50. The number of furan rings is 1. The lowest BCUT2D eigenvalue weighted by atomic mass is 10.2. The van der Waals surface area contributed by atoms with Crippen molar-refractivity contribution in [3.8, 4) is 0 Å². The molecular formula is C15H11N3O2. The first-order valence-electron chi connectivity index (χ1n) is 6.06. The Kier molecular flexibility index (Phi) is 3.24. The Morgan fingerprint density at radius 3 is 2.90 bits per heavy atom. The average Bonchev–Trinajstić information content (AvgIpc) is 3.00. The Morgan fingerprint density at radius 1 is 1.15 bits per heavy atom. The maximum absolute atomic E-state index is 11.9. The van der Waals surface area contributed by atoms with Crippen LogP contribution in [0.2, 0.25) is 0 Å².